The summed E-state index contributed by atoms with van der Waals surface area (Å²) in [6.07, 6.45) is 0. The van der Waals surface area contributed by atoms with E-state index in [0.29, 0.717) is 21.5 Å². The van der Waals surface area contributed by atoms with E-state index in [1.807, 2.05) is 32.9 Å². The van der Waals surface area contributed by atoms with Gasteiger partial charge in [0.25, 0.3) is 5.56 Å². The van der Waals surface area contributed by atoms with Crippen LogP contribution in [0.3, 0.4) is 0 Å². The lowest BCUT2D eigenvalue weighted by Gasteiger charge is -2.15. The predicted octanol–water partition coefficient (Wildman–Crippen LogP) is 4.23. The molecular weight excluding hydrogens is 429 g/mol. The zero-order valence-corrected chi connectivity index (χ0v) is 19.0. The van der Waals surface area contributed by atoms with Crippen LogP contribution in [-0.4, -0.2) is 15.0 Å². The molecule has 0 radical (unpaired) electrons. The fourth-order valence-electron chi connectivity index (χ4n) is 3.94. The largest absolute Gasteiger partial charge is 0.336 e. The first-order chi connectivity index (χ1) is 15.2. The van der Waals surface area contributed by atoms with Gasteiger partial charge in [0.2, 0.25) is 5.91 Å². The quantitative estimate of drug-likeness (QED) is 0.505. The van der Waals surface area contributed by atoms with Gasteiger partial charge in [-0.3, -0.25) is 14.2 Å². The monoisotopic (exact) mass is 451 g/mol. The summed E-state index contributed by atoms with van der Waals surface area (Å²) in [5.41, 5.74) is 3.47. The van der Waals surface area contributed by atoms with E-state index in [1.165, 1.54) is 34.1 Å². The highest BCUT2D eigenvalue weighted by Crippen LogP contribution is 2.22. The molecule has 0 aliphatic carbocycles. The Morgan fingerprint density at radius 1 is 1.00 bits per heavy atom. The van der Waals surface area contributed by atoms with E-state index in [2.05, 4.69) is 5.32 Å². The molecule has 1 N–H and O–H groups in total. The standard InChI is InChI=1S/C24H22FN3O3S/c1-13-9-15(3)21(16(4)10-13)26-20(29)12-27-19-7-8-32-22(19)23(30)28(24(27)31)17-5-6-18(25)14(2)11-17/h5-11H,12H2,1-4H3,(H,26,29). The van der Waals surface area contributed by atoms with Crippen LogP contribution < -0.4 is 16.6 Å². The second-order valence-corrected chi connectivity index (χ2v) is 8.82. The van der Waals surface area contributed by atoms with Crippen molar-refractivity contribution < 1.29 is 9.18 Å². The molecule has 0 aliphatic rings. The third-order valence-corrected chi connectivity index (χ3v) is 6.29. The van der Waals surface area contributed by atoms with Crippen molar-refractivity contribution in [3.05, 3.63) is 90.7 Å². The van der Waals surface area contributed by atoms with Crippen LogP contribution in [0.2, 0.25) is 0 Å². The Kier molecular flexibility index (Phi) is 5.56. The molecule has 6 nitrogen and oxygen atoms in total. The summed E-state index contributed by atoms with van der Waals surface area (Å²) in [5, 5.41) is 4.60. The third kappa shape index (κ3) is 3.78. The molecule has 0 spiro atoms. The van der Waals surface area contributed by atoms with Crippen molar-refractivity contribution in [2.75, 3.05) is 5.32 Å². The fraction of sp³-hybridized carbons (Fsp3) is 0.208. The summed E-state index contributed by atoms with van der Waals surface area (Å²) < 4.78 is 16.4. The zero-order valence-electron chi connectivity index (χ0n) is 18.2. The summed E-state index contributed by atoms with van der Waals surface area (Å²) in [6, 6.07) is 9.65. The highest BCUT2D eigenvalue weighted by Gasteiger charge is 2.19. The molecule has 2 aromatic carbocycles. The molecule has 0 bridgehead atoms. The lowest BCUT2D eigenvalue weighted by Crippen LogP contribution is -2.40. The van der Waals surface area contributed by atoms with Gasteiger partial charge < -0.3 is 5.32 Å². The molecule has 0 saturated heterocycles. The van der Waals surface area contributed by atoms with E-state index in [9.17, 15) is 18.8 Å². The summed E-state index contributed by atoms with van der Waals surface area (Å²) in [6.45, 7) is 7.11. The van der Waals surface area contributed by atoms with Crippen LogP contribution >= 0.6 is 11.3 Å². The van der Waals surface area contributed by atoms with E-state index in [4.69, 9.17) is 0 Å². The molecule has 4 aromatic rings. The molecule has 0 fully saturated rings. The number of nitrogens with zero attached hydrogens (tertiary/aromatic N) is 2. The fourth-order valence-corrected chi connectivity index (χ4v) is 4.76. The van der Waals surface area contributed by atoms with Crippen molar-refractivity contribution in [2.45, 2.75) is 34.2 Å². The maximum atomic E-state index is 13.7. The molecule has 2 heterocycles. The molecule has 8 heteroatoms. The number of benzene rings is 2. The number of thiophene rings is 1. The molecule has 32 heavy (non-hydrogen) atoms. The number of carbonyl (C=O) groups excluding carboxylic acids is 1. The lowest BCUT2D eigenvalue weighted by atomic mass is 10.1. The van der Waals surface area contributed by atoms with Crippen LogP contribution in [0.1, 0.15) is 22.3 Å². The van der Waals surface area contributed by atoms with Crippen molar-refractivity contribution in [1.82, 2.24) is 9.13 Å². The van der Waals surface area contributed by atoms with Crippen molar-refractivity contribution in [3.8, 4) is 5.69 Å². The van der Waals surface area contributed by atoms with Gasteiger partial charge in [-0.25, -0.2) is 13.8 Å². The highest BCUT2D eigenvalue weighted by atomic mass is 32.1. The van der Waals surface area contributed by atoms with Crippen molar-refractivity contribution in [1.29, 1.82) is 0 Å². The third-order valence-electron chi connectivity index (χ3n) is 5.40. The predicted molar refractivity (Wildman–Crippen MR) is 126 cm³/mol. The Morgan fingerprint density at radius 2 is 1.69 bits per heavy atom. The highest BCUT2D eigenvalue weighted by molar-refractivity contribution is 7.17. The maximum Gasteiger partial charge on any atom is 0.336 e. The Balaban J connectivity index is 1.80. The van der Waals surface area contributed by atoms with Crippen LogP contribution in [0, 0.1) is 33.5 Å². The minimum atomic E-state index is -0.653. The summed E-state index contributed by atoms with van der Waals surface area (Å²) in [7, 11) is 0. The van der Waals surface area contributed by atoms with Crippen LogP contribution in [0.4, 0.5) is 10.1 Å². The van der Waals surface area contributed by atoms with Gasteiger partial charge in [0, 0.05) is 5.69 Å². The number of anilines is 1. The van der Waals surface area contributed by atoms with Crippen LogP contribution in [0.25, 0.3) is 15.9 Å². The average molecular weight is 452 g/mol. The number of hydrogen-bond donors (Lipinski definition) is 1. The van der Waals surface area contributed by atoms with Gasteiger partial charge in [-0.2, -0.15) is 0 Å². The van der Waals surface area contributed by atoms with Gasteiger partial charge in [0.1, 0.15) is 17.1 Å². The molecule has 1 amide bonds. The topological polar surface area (TPSA) is 73.1 Å². The van der Waals surface area contributed by atoms with Gasteiger partial charge in [0.15, 0.2) is 0 Å². The number of halogens is 1. The summed E-state index contributed by atoms with van der Waals surface area (Å²) in [4.78, 5) is 39.3. The summed E-state index contributed by atoms with van der Waals surface area (Å²) in [5.74, 6) is -0.808. The number of hydrogen-bond acceptors (Lipinski definition) is 4. The van der Waals surface area contributed by atoms with Crippen molar-refractivity contribution >= 4 is 33.1 Å². The van der Waals surface area contributed by atoms with E-state index in [1.54, 1.807) is 18.4 Å². The van der Waals surface area contributed by atoms with E-state index in [-0.39, 0.29) is 18.1 Å². The molecule has 2 aromatic heterocycles. The van der Waals surface area contributed by atoms with Gasteiger partial charge in [-0.05, 0) is 74.0 Å². The number of nitrogens with one attached hydrogen (secondary N) is 1. The van der Waals surface area contributed by atoms with E-state index >= 15 is 0 Å². The van der Waals surface area contributed by atoms with Gasteiger partial charge in [-0.15, -0.1) is 11.3 Å². The molecule has 0 saturated carbocycles. The number of amides is 1. The minimum absolute atomic E-state index is 0.258. The molecule has 0 aliphatic heterocycles. The number of carbonyl (C=O) groups is 1. The number of aromatic nitrogens is 2. The summed E-state index contributed by atoms with van der Waals surface area (Å²) >= 11 is 1.19. The smallest absolute Gasteiger partial charge is 0.324 e. The molecule has 4 rings (SSSR count). The van der Waals surface area contributed by atoms with E-state index < -0.39 is 17.1 Å². The van der Waals surface area contributed by atoms with E-state index in [0.717, 1.165) is 21.3 Å². The first kappa shape index (κ1) is 21.7. The van der Waals surface area contributed by atoms with Crippen molar-refractivity contribution in [2.24, 2.45) is 0 Å². The second-order valence-electron chi connectivity index (χ2n) is 7.90. The van der Waals surface area contributed by atoms with Crippen LogP contribution in [0.15, 0.2) is 51.4 Å². The first-order valence-corrected chi connectivity index (χ1v) is 10.9. The molecular formula is C24H22FN3O3S. The molecule has 0 atom stereocenters. The normalized spacial score (nSPS) is 11.2. The van der Waals surface area contributed by atoms with Crippen molar-refractivity contribution in [3.63, 3.8) is 0 Å². The zero-order chi connectivity index (χ0) is 23.2. The Bertz CT molecular complexity index is 1470. The Morgan fingerprint density at radius 3 is 2.34 bits per heavy atom. The SMILES string of the molecule is Cc1cc(C)c(NC(=O)Cn2c(=O)n(-c3ccc(F)c(C)c3)c(=O)c3sccc32)c(C)c1. The van der Waals surface area contributed by atoms with Gasteiger partial charge in [0.05, 0.1) is 11.2 Å². The average Bonchev–Trinajstić information content (AvgIpc) is 3.21. The number of aryl methyl sites for hydroxylation is 4. The molecule has 164 valence electrons. The Hall–Kier alpha value is -3.52. The first-order valence-electron chi connectivity index (χ1n) is 10.0. The van der Waals surface area contributed by atoms with Gasteiger partial charge in [-0.1, -0.05) is 17.7 Å². The lowest BCUT2D eigenvalue weighted by molar-refractivity contribution is -0.116. The second kappa shape index (κ2) is 8.20. The minimum Gasteiger partial charge on any atom is -0.324 e. The number of rotatable bonds is 4. The number of fused-ring (bicyclic) bond motifs is 1. The van der Waals surface area contributed by atoms with Crippen LogP contribution in [-0.2, 0) is 11.3 Å². The van der Waals surface area contributed by atoms with Crippen LogP contribution in [0.5, 0.6) is 0 Å². The van der Waals surface area contributed by atoms with Gasteiger partial charge >= 0.3 is 5.69 Å². The molecule has 0 unspecified atom stereocenters. The maximum absolute atomic E-state index is 13.7. The Labute approximate surface area is 187 Å².